The van der Waals surface area contributed by atoms with E-state index in [1.807, 2.05) is 18.2 Å². The van der Waals surface area contributed by atoms with Gasteiger partial charge in [-0.2, -0.15) is 0 Å². The maximum Gasteiger partial charge on any atom is 0.287 e. The van der Waals surface area contributed by atoms with Gasteiger partial charge in [0.05, 0.1) is 11.9 Å². The lowest BCUT2D eigenvalue weighted by atomic mass is 10.0. The fourth-order valence-corrected chi connectivity index (χ4v) is 2.49. The van der Waals surface area contributed by atoms with Crippen molar-refractivity contribution in [2.24, 2.45) is 5.92 Å². The lowest BCUT2D eigenvalue weighted by Crippen LogP contribution is -2.29. The Morgan fingerprint density at radius 2 is 2.00 bits per heavy atom. The smallest absolute Gasteiger partial charge is 0.287 e. The quantitative estimate of drug-likeness (QED) is 0.848. The molecule has 4 heteroatoms. The Hall–Kier alpha value is -1.74. The Labute approximate surface area is 122 Å². The summed E-state index contributed by atoms with van der Waals surface area (Å²) in [6.45, 7) is 0. The molecule has 3 nitrogen and oxygen atoms in total. The molecule has 1 atom stereocenters. The van der Waals surface area contributed by atoms with Crippen LogP contribution in [0.3, 0.4) is 0 Å². The summed E-state index contributed by atoms with van der Waals surface area (Å²) >= 11 is 5.68. The van der Waals surface area contributed by atoms with Crippen LogP contribution < -0.4 is 5.32 Å². The minimum absolute atomic E-state index is 0.0632. The van der Waals surface area contributed by atoms with Gasteiger partial charge < -0.3 is 9.73 Å². The molecule has 1 aliphatic carbocycles. The highest BCUT2D eigenvalue weighted by Gasteiger charge is 2.33. The van der Waals surface area contributed by atoms with Crippen LogP contribution in [0.25, 0.3) is 0 Å². The van der Waals surface area contributed by atoms with E-state index in [0.717, 1.165) is 18.4 Å². The standard InChI is InChI=1S/C16H16ClNO2/c17-10-13-8-9-14(20-13)16(19)18-15(12-6-7-12)11-4-2-1-3-5-11/h1-5,8-9,12,15H,6-7,10H2,(H,18,19). The number of amides is 1. The summed E-state index contributed by atoms with van der Waals surface area (Å²) < 4.78 is 5.39. The van der Waals surface area contributed by atoms with Gasteiger partial charge in [-0.3, -0.25) is 4.79 Å². The minimum atomic E-state index is -0.179. The zero-order valence-electron chi connectivity index (χ0n) is 11.0. The maximum absolute atomic E-state index is 12.2. The van der Waals surface area contributed by atoms with E-state index in [0.29, 0.717) is 17.4 Å². The first kappa shape index (κ1) is 13.3. The summed E-state index contributed by atoms with van der Waals surface area (Å²) in [7, 11) is 0. The zero-order valence-corrected chi connectivity index (χ0v) is 11.8. The van der Waals surface area contributed by atoms with Crippen LogP contribution in [0.5, 0.6) is 0 Å². The summed E-state index contributed by atoms with van der Waals surface area (Å²) in [6.07, 6.45) is 2.32. The normalized spacial score (nSPS) is 15.8. The molecule has 0 aliphatic heterocycles. The van der Waals surface area contributed by atoms with Gasteiger partial charge in [0, 0.05) is 0 Å². The molecule has 1 aromatic heterocycles. The Bertz CT molecular complexity index is 590. The van der Waals surface area contributed by atoms with E-state index >= 15 is 0 Å². The van der Waals surface area contributed by atoms with Gasteiger partial charge in [0.1, 0.15) is 5.76 Å². The number of carbonyl (C=O) groups is 1. The van der Waals surface area contributed by atoms with E-state index in [1.165, 1.54) is 0 Å². The first-order valence-corrected chi connectivity index (χ1v) is 7.32. The second-order valence-electron chi connectivity index (χ2n) is 5.10. The summed E-state index contributed by atoms with van der Waals surface area (Å²) in [5, 5.41) is 3.07. The van der Waals surface area contributed by atoms with Gasteiger partial charge in [0.25, 0.3) is 5.91 Å². The number of furan rings is 1. The van der Waals surface area contributed by atoms with Crippen molar-refractivity contribution in [3.05, 3.63) is 59.5 Å². The molecule has 0 radical (unpaired) electrons. The van der Waals surface area contributed by atoms with Gasteiger partial charge >= 0.3 is 0 Å². The molecule has 0 saturated heterocycles. The first-order chi connectivity index (χ1) is 9.78. The number of rotatable bonds is 5. The molecule has 1 amide bonds. The lowest BCUT2D eigenvalue weighted by Gasteiger charge is -2.18. The van der Waals surface area contributed by atoms with E-state index in [-0.39, 0.29) is 17.8 Å². The number of alkyl halides is 1. The largest absolute Gasteiger partial charge is 0.455 e. The third-order valence-electron chi connectivity index (χ3n) is 3.56. The number of carbonyl (C=O) groups excluding carboxylic acids is 1. The molecular weight excluding hydrogens is 274 g/mol. The van der Waals surface area contributed by atoms with Crippen molar-refractivity contribution in [1.29, 1.82) is 0 Å². The molecule has 1 unspecified atom stereocenters. The van der Waals surface area contributed by atoms with Gasteiger partial charge in [0.15, 0.2) is 5.76 Å². The molecule has 1 aromatic carbocycles. The average Bonchev–Trinajstić information content (AvgIpc) is 3.21. The van der Waals surface area contributed by atoms with Crippen LogP contribution >= 0.6 is 11.6 Å². The summed E-state index contributed by atoms with van der Waals surface area (Å²) in [5.41, 5.74) is 1.15. The van der Waals surface area contributed by atoms with E-state index in [1.54, 1.807) is 12.1 Å². The molecule has 3 rings (SSSR count). The van der Waals surface area contributed by atoms with Crippen molar-refractivity contribution in [2.45, 2.75) is 24.8 Å². The molecule has 1 N–H and O–H groups in total. The number of halogens is 1. The molecule has 104 valence electrons. The highest BCUT2D eigenvalue weighted by Crippen LogP contribution is 2.41. The molecule has 0 spiro atoms. The Balaban J connectivity index is 1.75. The van der Waals surface area contributed by atoms with Crippen LogP contribution in [0.2, 0.25) is 0 Å². The molecule has 1 aliphatic rings. The van der Waals surface area contributed by atoms with E-state index < -0.39 is 0 Å². The SMILES string of the molecule is O=C(NC(c1ccccc1)C1CC1)c1ccc(CCl)o1. The molecule has 20 heavy (non-hydrogen) atoms. The van der Waals surface area contributed by atoms with E-state index in [4.69, 9.17) is 16.0 Å². The predicted molar refractivity (Wildman–Crippen MR) is 77.6 cm³/mol. The number of hydrogen-bond donors (Lipinski definition) is 1. The Kier molecular flexibility index (Phi) is 3.79. The molecule has 2 aromatic rings. The first-order valence-electron chi connectivity index (χ1n) is 6.78. The highest BCUT2D eigenvalue weighted by molar-refractivity contribution is 6.16. The van der Waals surface area contributed by atoms with E-state index in [9.17, 15) is 4.79 Å². The number of nitrogens with one attached hydrogen (secondary N) is 1. The van der Waals surface area contributed by atoms with Gasteiger partial charge in [-0.15, -0.1) is 11.6 Å². The van der Waals surface area contributed by atoms with Gasteiger partial charge in [-0.25, -0.2) is 0 Å². The second kappa shape index (κ2) is 5.71. The number of hydrogen-bond acceptors (Lipinski definition) is 2. The highest BCUT2D eigenvalue weighted by atomic mass is 35.5. The summed E-state index contributed by atoms with van der Waals surface area (Å²) in [6, 6.07) is 13.5. The predicted octanol–water partition coefficient (Wildman–Crippen LogP) is 3.90. The van der Waals surface area contributed by atoms with Crippen molar-refractivity contribution in [3.63, 3.8) is 0 Å². The maximum atomic E-state index is 12.2. The Morgan fingerprint density at radius 1 is 1.25 bits per heavy atom. The van der Waals surface area contributed by atoms with E-state index in [2.05, 4.69) is 17.4 Å². The van der Waals surface area contributed by atoms with Gasteiger partial charge in [0.2, 0.25) is 0 Å². The molecular formula is C16H16ClNO2. The van der Waals surface area contributed by atoms with Crippen LogP contribution in [-0.2, 0) is 5.88 Å². The third kappa shape index (κ3) is 2.88. The summed E-state index contributed by atoms with van der Waals surface area (Å²) in [5.74, 6) is 1.56. The zero-order chi connectivity index (χ0) is 13.9. The van der Waals surface area contributed by atoms with Crippen LogP contribution in [0.1, 0.15) is 40.8 Å². The fourth-order valence-electron chi connectivity index (χ4n) is 2.35. The van der Waals surface area contributed by atoms with Crippen molar-refractivity contribution < 1.29 is 9.21 Å². The molecule has 0 bridgehead atoms. The van der Waals surface area contributed by atoms with Crippen LogP contribution in [0.15, 0.2) is 46.9 Å². The monoisotopic (exact) mass is 289 g/mol. The molecule has 1 saturated carbocycles. The third-order valence-corrected chi connectivity index (χ3v) is 3.82. The van der Waals surface area contributed by atoms with Crippen LogP contribution in [-0.4, -0.2) is 5.91 Å². The van der Waals surface area contributed by atoms with Crippen molar-refractivity contribution >= 4 is 17.5 Å². The van der Waals surface area contributed by atoms with Crippen molar-refractivity contribution in [2.75, 3.05) is 0 Å². The lowest BCUT2D eigenvalue weighted by molar-refractivity contribution is 0.0902. The van der Waals surface area contributed by atoms with Gasteiger partial charge in [-0.1, -0.05) is 30.3 Å². The van der Waals surface area contributed by atoms with Crippen LogP contribution in [0, 0.1) is 5.92 Å². The molecule has 1 fully saturated rings. The van der Waals surface area contributed by atoms with Gasteiger partial charge in [-0.05, 0) is 36.5 Å². The van der Waals surface area contributed by atoms with Crippen molar-refractivity contribution in [1.82, 2.24) is 5.32 Å². The van der Waals surface area contributed by atoms with Crippen molar-refractivity contribution in [3.8, 4) is 0 Å². The Morgan fingerprint density at radius 3 is 2.60 bits per heavy atom. The fraction of sp³-hybridized carbons (Fsp3) is 0.312. The minimum Gasteiger partial charge on any atom is -0.455 e. The second-order valence-corrected chi connectivity index (χ2v) is 5.37. The van der Waals surface area contributed by atoms with Crippen LogP contribution in [0.4, 0.5) is 0 Å². The molecule has 1 heterocycles. The summed E-state index contributed by atoms with van der Waals surface area (Å²) in [4.78, 5) is 12.2. The number of benzene rings is 1. The average molecular weight is 290 g/mol. The topological polar surface area (TPSA) is 42.2 Å².